The summed E-state index contributed by atoms with van der Waals surface area (Å²) in [6.45, 7) is 0.919. The number of fused-ring (bicyclic) bond motifs is 1. The van der Waals surface area contributed by atoms with Crippen molar-refractivity contribution in [3.8, 4) is 11.1 Å². The third kappa shape index (κ3) is 4.46. The fourth-order valence-electron chi connectivity index (χ4n) is 4.98. The molecule has 1 atom stereocenters. The molecule has 182 valence electrons. The summed E-state index contributed by atoms with van der Waals surface area (Å²) in [5, 5.41) is 0.913. The number of likely N-dealkylation sites (tertiary alicyclic amines) is 1. The van der Waals surface area contributed by atoms with E-state index in [1.54, 1.807) is 16.2 Å². The van der Waals surface area contributed by atoms with E-state index in [0.717, 1.165) is 44.8 Å². The van der Waals surface area contributed by atoms with Crippen LogP contribution >= 0.6 is 11.3 Å². The van der Waals surface area contributed by atoms with E-state index in [1.807, 2.05) is 54.6 Å². The molecule has 0 spiro atoms. The number of ether oxygens (including phenoxy) is 1. The first-order valence-electron chi connectivity index (χ1n) is 12.4. The van der Waals surface area contributed by atoms with Crippen molar-refractivity contribution in [3.05, 3.63) is 88.4 Å². The lowest BCUT2D eigenvalue weighted by Crippen LogP contribution is -2.31. The van der Waals surface area contributed by atoms with E-state index >= 15 is 0 Å². The summed E-state index contributed by atoms with van der Waals surface area (Å²) in [5.74, 6) is 0.144. The molecule has 4 aromatic rings. The van der Waals surface area contributed by atoms with Crippen LogP contribution in [0.1, 0.15) is 64.1 Å². The minimum absolute atomic E-state index is 0.0897. The van der Waals surface area contributed by atoms with Crippen molar-refractivity contribution >= 4 is 33.6 Å². The van der Waals surface area contributed by atoms with Gasteiger partial charge < -0.3 is 10.5 Å². The molecule has 2 fully saturated rings. The average molecular weight is 498 g/mol. The number of nitrogens with two attached hydrogens (primary N) is 1. The van der Waals surface area contributed by atoms with Gasteiger partial charge in [-0.05, 0) is 72.1 Å². The van der Waals surface area contributed by atoms with Crippen molar-refractivity contribution in [1.29, 1.82) is 0 Å². The molecule has 6 nitrogen and oxygen atoms in total. The molecule has 7 heteroatoms. The van der Waals surface area contributed by atoms with E-state index in [2.05, 4.69) is 12.1 Å². The lowest BCUT2D eigenvalue weighted by atomic mass is 9.95. The Hall–Kier alpha value is -3.71. The summed E-state index contributed by atoms with van der Waals surface area (Å²) >= 11 is 1.59. The van der Waals surface area contributed by atoms with Crippen LogP contribution in [0.2, 0.25) is 0 Å². The SMILES string of the molecule is NC(=O)c1cc(C2CC2)ccc1-c1ccc2nc([C@@H]3CCCN3C(=O)OCc3ccccc3)sc2c1. The summed E-state index contributed by atoms with van der Waals surface area (Å²) in [5.41, 5.74) is 11.1. The van der Waals surface area contributed by atoms with Gasteiger partial charge in [-0.25, -0.2) is 9.78 Å². The smallest absolute Gasteiger partial charge is 0.410 e. The van der Waals surface area contributed by atoms with E-state index in [9.17, 15) is 9.59 Å². The molecule has 3 aromatic carbocycles. The molecular formula is C29H27N3O3S. The van der Waals surface area contributed by atoms with Crippen LogP contribution in [0.25, 0.3) is 21.3 Å². The molecule has 1 aliphatic heterocycles. The lowest BCUT2D eigenvalue weighted by molar-refractivity contribution is 0.0920. The van der Waals surface area contributed by atoms with Crippen molar-refractivity contribution in [1.82, 2.24) is 9.88 Å². The molecule has 2 aliphatic rings. The average Bonchev–Trinajstić information content (AvgIpc) is 3.48. The topological polar surface area (TPSA) is 85.5 Å². The van der Waals surface area contributed by atoms with Crippen molar-refractivity contribution in [2.45, 2.75) is 44.2 Å². The molecule has 0 radical (unpaired) electrons. The molecule has 36 heavy (non-hydrogen) atoms. The van der Waals surface area contributed by atoms with Gasteiger partial charge in [-0.2, -0.15) is 0 Å². The Kier molecular flexibility index (Phi) is 5.93. The summed E-state index contributed by atoms with van der Waals surface area (Å²) < 4.78 is 6.62. The summed E-state index contributed by atoms with van der Waals surface area (Å²) in [6.07, 6.45) is 3.82. The number of thiazole rings is 1. The fourth-order valence-corrected chi connectivity index (χ4v) is 6.14. The Morgan fingerprint density at radius 2 is 1.86 bits per heavy atom. The Bertz CT molecular complexity index is 1440. The number of carbonyl (C=O) groups excluding carboxylic acids is 2. The molecule has 0 bridgehead atoms. The van der Waals surface area contributed by atoms with Gasteiger partial charge in [0.05, 0.1) is 16.3 Å². The maximum absolute atomic E-state index is 12.9. The second-order valence-electron chi connectivity index (χ2n) is 9.57. The van der Waals surface area contributed by atoms with Gasteiger partial charge in [0.2, 0.25) is 5.91 Å². The number of nitrogens with zero attached hydrogens (tertiary/aromatic N) is 2. The highest BCUT2D eigenvalue weighted by Crippen LogP contribution is 2.42. The number of aromatic nitrogens is 1. The van der Waals surface area contributed by atoms with Gasteiger partial charge in [0.25, 0.3) is 0 Å². The zero-order chi connectivity index (χ0) is 24.6. The van der Waals surface area contributed by atoms with Gasteiger partial charge in [-0.3, -0.25) is 9.69 Å². The highest BCUT2D eigenvalue weighted by molar-refractivity contribution is 7.18. The molecule has 0 unspecified atom stereocenters. The van der Waals surface area contributed by atoms with Gasteiger partial charge in [-0.1, -0.05) is 48.5 Å². The second-order valence-corrected chi connectivity index (χ2v) is 10.6. The third-order valence-corrected chi connectivity index (χ3v) is 8.17. The van der Waals surface area contributed by atoms with Crippen LogP contribution < -0.4 is 5.73 Å². The van der Waals surface area contributed by atoms with Crippen molar-refractivity contribution in [2.24, 2.45) is 5.73 Å². The Morgan fingerprint density at radius 1 is 1.03 bits per heavy atom. The number of hydrogen-bond acceptors (Lipinski definition) is 5. The van der Waals surface area contributed by atoms with Crippen LogP contribution in [0.15, 0.2) is 66.7 Å². The number of primary amides is 1. The minimum Gasteiger partial charge on any atom is -0.445 e. The van der Waals surface area contributed by atoms with Crippen molar-refractivity contribution in [3.63, 3.8) is 0 Å². The molecule has 1 saturated heterocycles. The van der Waals surface area contributed by atoms with Crippen LogP contribution in [0.5, 0.6) is 0 Å². The van der Waals surface area contributed by atoms with Crippen LogP contribution in [0.4, 0.5) is 4.79 Å². The van der Waals surface area contributed by atoms with Crippen molar-refractivity contribution < 1.29 is 14.3 Å². The predicted molar refractivity (Wildman–Crippen MR) is 141 cm³/mol. The van der Waals surface area contributed by atoms with Crippen LogP contribution in [0.3, 0.4) is 0 Å². The molecule has 1 aromatic heterocycles. The van der Waals surface area contributed by atoms with Gasteiger partial charge in [0.15, 0.2) is 0 Å². The number of carbonyl (C=O) groups is 2. The quantitative estimate of drug-likeness (QED) is 0.333. The number of rotatable bonds is 6. The highest BCUT2D eigenvalue weighted by Gasteiger charge is 2.33. The molecule has 1 saturated carbocycles. The second kappa shape index (κ2) is 9.39. The largest absolute Gasteiger partial charge is 0.445 e. The van der Waals surface area contributed by atoms with E-state index in [4.69, 9.17) is 15.5 Å². The summed E-state index contributed by atoms with van der Waals surface area (Å²) in [7, 11) is 0. The van der Waals surface area contributed by atoms with Gasteiger partial charge in [0.1, 0.15) is 11.6 Å². The summed E-state index contributed by atoms with van der Waals surface area (Å²) in [6, 6.07) is 21.7. The normalized spacial score (nSPS) is 17.4. The predicted octanol–water partition coefficient (Wildman–Crippen LogP) is 6.41. The molecule has 2 amide bonds. The third-order valence-electron chi connectivity index (χ3n) is 7.05. The Balaban J connectivity index is 1.25. The molecule has 6 rings (SSSR count). The molecule has 1 aliphatic carbocycles. The number of hydrogen-bond donors (Lipinski definition) is 1. The molecule has 2 heterocycles. The van der Waals surface area contributed by atoms with Crippen molar-refractivity contribution in [2.75, 3.05) is 6.54 Å². The highest BCUT2D eigenvalue weighted by atomic mass is 32.1. The first-order chi connectivity index (χ1) is 17.6. The lowest BCUT2D eigenvalue weighted by Gasteiger charge is -2.22. The van der Waals surface area contributed by atoms with Gasteiger partial charge in [-0.15, -0.1) is 11.3 Å². The van der Waals surface area contributed by atoms with Crippen LogP contribution in [0, 0.1) is 0 Å². The van der Waals surface area contributed by atoms with E-state index in [-0.39, 0.29) is 18.7 Å². The monoisotopic (exact) mass is 497 g/mol. The fraction of sp³-hybridized carbons (Fsp3) is 0.276. The Morgan fingerprint density at radius 3 is 2.64 bits per heavy atom. The standard InChI is InChI=1S/C29H27N3O3S/c30-27(33)23-15-20(19-8-9-19)10-12-22(23)21-11-13-24-26(16-21)36-28(31-24)25-7-4-14-32(25)29(34)35-17-18-5-2-1-3-6-18/h1-3,5-6,10-13,15-16,19,25H,4,7-9,14,17H2,(H2,30,33)/t25-/m0/s1. The maximum Gasteiger partial charge on any atom is 0.410 e. The maximum atomic E-state index is 12.9. The number of amides is 2. The van der Waals surface area contributed by atoms with Crippen LogP contribution in [-0.2, 0) is 11.3 Å². The van der Waals surface area contributed by atoms with Crippen LogP contribution in [-0.4, -0.2) is 28.4 Å². The van der Waals surface area contributed by atoms with Gasteiger partial charge in [0, 0.05) is 12.1 Å². The number of benzene rings is 3. The summed E-state index contributed by atoms with van der Waals surface area (Å²) in [4.78, 5) is 31.8. The van der Waals surface area contributed by atoms with E-state index in [0.29, 0.717) is 18.0 Å². The Labute approximate surface area is 213 Å². The first-order valence-corrected chi connectivity index (χ1v) is 13.2. The molecular weight excluding hydrogens is 470 g/mol. The van der Waals surface area contributed by atoms with E-state index < -0.39 is 5.91 Å². The van der Waals surface area contributed by atoms with E-state index in [1.165, 1.54) is 18.4 Å². The van der Waals surface area contributed by atoms with Gasteiger partial charge >= 0.3 is 6.09 Å². The first kappa shape index (κ1) is 22.7. The molecule has 2 N–H and O–H groups in total. The zero-order valence-corrected chi connectivity index (χ0v) is 20.7. The minimum atomic E-state index is -0.409. The zero-order valence-electron chi connectivity index (χ0n) is 19.9.